The van der Waals surface area contributed by atoms with Crippen LogP contribution >= 0.6 is 0 Å². The predicted octanol–water partition coefficient (Wildman–Crippen LogP) is 2.91. The van der Waals surface area contributed by atoms with E-state index >= 15 is 0 Å². The van der Waals surface area contributed by atoms with Gasteiger partial charge in [-0.15, -0.1) is 0 Å². The van der Waals surface area contributed by atoms with Gasteiger partial charge in [0, 0.05) is 42.7 Å². The first-order valence-electron chi connectivity index (χ1n) is 10.7. The number of piperidine rings is 1. The van der Waals surface area contributed by atoms with Crippen molar-refractivity contribution in [2.24, 2.45) is 0 Å². The van der Waals surface area contributed by atoms with Gasteiger partial charge in [-0.05, 0) is 54.6 Å². The number of phenolic OH excluding ortho intramolecular Hbond substituents is 2. The summed E-state index contributed by atoms with van der Waals surface area (Å²) in [4.78, 5) is 17.0. The summed E-state index contributed by atoms with van der Waals surface area (Å²) in [6.07, 6.45) is -0.104. The normalized spacial score (nSPS) is 20.7. The van der Waals surface area contributed by atoms with E-state index in [4.69, 9.17) is 4.42 Å². The van der Waals surface area contributed by atoms with Crippen LogP contribution in [0.3, 0.4) is 0 Å². The van der Waals surface area contributed by atoms with Crippen LogP contribution < -0.4 is 5.43 Å². The molecule has 1 aromatic carbocycles. The monoisotopic (exact) mass is 418 g/mol. The summed E-state index contributed by atoms with van der Waals surface area (Å²) in [5.41, 5.74) is 0.554. The lowest BCUT2D eigenvalue weighted by atomic mass is 9.84. The third-order valence-corrected chi connectivity index (χ3v) is 6.20. The second kappa shape index (κ2) is 8.57. The Balaban J connectivity index is 2.29. The Morgan fingerprint density at radius 2 is 1.83 bits per heavy atom. The Bertz CT molecular complexity index is 974. The molecule has 2 atom stereocenters. The molecule has 2 aromatic rings. The summed E-state index contributed by atoms with van der Waals surface area (Å²) < 4.78 is 5.86. The number of nitrogens with zero attached hydrogens (tertiary/aromatic N) is 2. The van der Waals surface area contributed by atoms with Crippen molar-refractivity contribution in [1.82, 2.24) is 9.80 Å². The molecule has 0 bridgehead atoms. The fraction of sp³-hybridized carbons (Fsp3) is 0.609. The fourth-order valence-corrected chi connectivity index (χ4v) is 4.62. The molecule has 7 nitrogen and oxygen atoms in total. The zero-order valence-electron chi connectivity index (χ0n) is 18.8. The highest BCUT2D eigenvalue weighted by Gasteiger charge is 2.35. The summed E-state index contributed by atoms with van der Waals surface area (Å²) in [7, 11) is 1.94. The Hall–Kier alpha value is -2.09. The van der Waals surface area contributed by atoms with Crippen molar-refractivity contribution >= 4 is 11.0 Å². The molecule has 1 saturated heterocycles. The van der Waals surface area contributed by atoms with Crippen LogP contribution in [0.1, 0.15) is 56.9 Å². The number of aryl methyl sites for hydroxylation is 1. The average molecular weight is 419 g/mol. The van der Waals surface area contributed by atoms with Gasteiger partial charge in [-0.25, -0.2) is 0 Å². The number of β-amino-alcohol motifs (C(OH)–C–C–N with tert-alkyl or cyclic N) is 1. The van der Waals surface area contributed by atoms with E-state index in [0.717, 1.165) is 6.54 Å². The zero-order valence-corrected chi connectivity index (χ0v) is 18.8. The number of benzene rings is 1. The Labute approximate surface area is 177 Å². The molecule has 0 unspecified atom stereocenters. The molecule has 166 valence electrons. The van der Waals surface area contributed by atoms with Crippen LogP contribution in [0.5, 0.6) is 11.5 Å². The van der Waals surface area contributed by atoms with Gasteiger partial charge in [-0.1, -0.05) is 0 Å². The quantitative estimate of drug-likeness (QED) is 0.687. The van der Waals surface area contributed by atoms with Crippen LogP contribution in [0.25, 0.3) is 11.0 Å². The topological polar surface area (TPSA) is 97.4 Å². The van der Waals surface area contributed by atoms with Crippen LogP contribution in [0.2, 0.25) is 0 Å². The van der Waals surface area contributed by atoms with E-state index in [1.54, 1.807) is 6.92 Å². The van der Waals surface area contributed by atoms with E-state index in [1.807, 2.05) is 11.9 Å². The Morgan fingerprint density at radius 3 is 2.40 bits per heavy atom. The van der Waals surface area contributed by atoms with Crippen molar-refractivity contribution in [3.63, 3.8) is 0 Å². The number of hydrogen-bond acceptors (Lipinski definition) is 7. The highest BCUT2D eigenvalue weighted by Crippen LogP contribution is 2.45. The Morgan fingerprint density at radius 1 is 1.20 bits per heavy atom. The Kier molecular flexibility index (Phi) is 6.45. The van der Waals surface area contributed by atoms with Gasteiger partial charge in [0.25, 0.3) is 0 Å². The lowest BCUT2D eigenvalue weighted by molar-refractivity contribution is 0.0629. The lowest BCUT2D eigenvalue weighted by Crippen LogP contribution is -2.40. The van der Waals surface area contributed by atoms with Crippen molar-refractivity contribution in [3.05, 3.63) is 33.2 Å². The number of aliphatic hydroxyl groups is 1. The smallest absolute Gasteiger partial charge is 0.196 e. The summed E-state index contributed by atoms with van der Waals surface area (Å²) in [6.45, 7) is 11.4. The molecule has 0 radical (unpaired) electrons. The van der Waals surface area contributed by atoms with Crippen LogP contribution in [0.4, 0.5) is 0 Å². The van der Waals surface area contributed by atoms with Crippen molar-refractivity contribution in [3.8, 4) is 11.5 Å². The van der Waals surface area contributed by atoms with Crippen LogP contribution in [0.15, 0.2) is 15.3 Å². The molecule has 0 aliphatic carbocycles. The molecular formula is C23H34N2O5. The first-order chi connectivity index (χ1) is 14.0. The number of phenols is 2. The molecule has 30 heavy (non-hydrogen) atoms. The third-order valence-electron chi connectivity index (χ3n) is 6.20. The molecular weight excluding hydrogens is 384 g/mol. The molecule has 3 rings (SSSR count). The second-order valence-electron chi connectivity index (χ2n) is 9.10. The van der Waals surface area contributed by atoms with Gasteiger partial charge in [0.2, 0.25) is 0 Å². The maximum atomic E-state index is 12.8. The predicted molar refractivity (Wildman–Crippen MR) is 117 cm³/mol. The van der Waals surface area contributed by atoms with Crippen LogP contribution in [-0.2, 0) is 6.54 Å². The van der Waals surface area contributed by atoms with E-state index in [2.05, 4.69) is 32.6 Å². The summed E-state index contributed by atoms with van der Waals surface area (Å²) in [5.74, 6) is -0.323. The lowest BCUT2D eigenvalue weighted by Gasteiger charge is -2.35. The number of rotatable bonds is 5. The van der Waals surface area contributed by atoms with Gasteiger partial charge in [0.05, 0.1) is 11.7 Å². The highest BCUT2D eigenvalue weighted by molar-refractivity contribution is 5.90. The average Bonchev–Trinajstić information content (AvgIpc) is 2.62. The standard InChI is InChI=1S/C23H34N2O5/c1-12(2)25(13(3)4)10-16-21(28)19(15-7-8-24(6)11-18(15)27)23-20(22(16)29)17(26)9-14(5)30-23/h9,12-13,15,18,27-29H,7-8,10-11H2,1-6H3/t15-,18+/m0/s1. The van der Waals surface area contributed by atoms with Gasteiger partial charge in [-0.2, -0.15) is 0 Å². The number of aromatic hydroxyl groups is 2. The van der Waals surface area contributed by atoms with E-state index in [9.17, 15) is 20.1 Å². The van der Waals surface area contributed by atoms with E-state index in [1.165, 1.54) is 6.07 Å². The molecule has 1 aliphatic rings. The number of likely N-dealkylation sites (N-methyl/N-ethyl adjacent to an activating group) is 1. The molecule has 3 N–H and O–H groups in total. The summed E-state index contributed by atoms with van der Waals surface area (Å²) in [5, 5.41) is 33.2. The van der Waals surface area contributed by atoms with Crippen LogP contribution in [-0.4, -0.2) is 63.4 Å². The minimum atomic E-state index is -0.715. The molecule has 0 amide bonds. The van der Waals surface area contributed by atoms with Crippen molar-refractivity contribution in [1.29, 1.82) is 0 Å². The molecule has 1 fully saturated rings. The zero-order chi connectivity index (χ0) is 22.3. The molecule has 7 heteroatoms. The van der Waals surface area contributed by atoms with E-state index < -0.39 is 6.10 Å². The minimum Gasteiger partial charge on any atom is -0.507 e. The van der Waals surface area contributed by atoms with Gasteiger partial charge >= 0.3 is 0 Å². The van der Waals surface area contributed by atoms with Gasteiger partial charge in [0.15, 0.2) is 5.43 Å². The van der Waals surface area contributed by atoms with Gasteiger partial charge < -0.3 is 24.6 Å². The number of aliphatic hydroxyl groups excluding tert-OH is 1. The third kappa shape index (κ3) is 4.06. The molecule has 2 heterocycles. The first-order valence-corrected chi connectivity index (χ1v) is 10.7. The van der Waals surface area contributed by atoms with Crippen molar-refractivity contribution in [2.45, 2.75) is 71.7 Å². The highest BCUT2D eigenvalue weighted by atomic mass is 16.3. The van der Waals surface area contributed by atoms with Crippen LogP contribution in [0, 0.1) is 6.92 Å². The number of fused-ring (bicyclic) bond motifs is 1. The maximum absolute atomic E-state index is 12.8. The number of likely N-dealkylation sites (tertiary alicyclic amines) is 1. The van der Waals surface area contributed by atoms with Crippen molar-refractivity contribution in [2.75, 3.05) is 20.1 Å². The minimum absolute atomic E-state index is 0.0713. The largest absolute Gasteiger partial charge is 0.507 e. The van der Waals surface area contributed by atoms with Crippen molar-refractivity contribution < 1.29 is 19.7 Å². The van der Waals surface area contributed by atoms with E-state index in [-0.39, 0.29) is 52.4 Å². The fourth-order valence-electron chi connectivity index (χ4n) is 4.62. The second-order valence-corrected chi connectivity index (χ2v) is 9.10. The molecule has 0 spiro atoms. The molecule has 0 saturated carbocycles. The SMILES string of the molecule is Cc1cc(=O)c2c(O)c(CN(C(C)C)C(C)C)c(O)c([C@H]3CCN(C)C[C@H]3O)c2o1. The first kappa shape index (κ1) is 22.6. The summed E-state index contributed by atoms with van der Waals surface area (Å²) >= 11 is 0. The molecule has 1 aliphatic heterocycles. The van der Waals surface area contributed by atoms with Gasteiger partial charge in [-0.3, -0.25) is 9.69 Å². The number of hydrogen-bond donors (Lipinski definition) is 3. The van der Waals surface area contributed by atoms with Gasteiger partial charge in [0.1, 0.15) is 28.2 Å². The summed E-state index contributed by atoms with van der Waals surface area (Å²) in [6, 6.07) is 1.69. The maximum Gasteiger partial charge on any atom is 0.196 e. The van der Waals surface area contributed by atoms with E-state index in [0.29, 0.717) is 29.9 Å². The molecule has 1 aromatic heterocycles.